The summed E-state index contributed by atoms with van der Waals surface area (Å²) < 4.78 is 10.6. The fourth-order valence-corrected chi connectivity index (χ4v) is 2.97. The van der Waals surface area contributed by atoms with Gasteiger partial charge in [0.2, 0.25) is 0 Å². The number of ether oxygens (including phenoxy) is 2. The van der Waals surface area contributed by atoms with Crippen LogP contribution in [0.3, 0.4) is 0 Å². The molecule has 0 heterocycles. The summed E-state index contributed by atoms with van der Waals surface area (Å²) in [5.74, 6) is 1.12. The largest absolute Gasteiger partial charge is 0.493 e. The quantitative estimate of drug-likeness (QED) is 0.852. The Labute approximate surface area is 150 Å². The summed E-state index contributed by atoms with van der Waals surface area (Å²) >= 11 is 11.9. The van der Waals surface area contributed by atoms with Crippen molar-refractivity contribution >= 4 is 29.1 Å². The minimum absolute atomic E-state index is 0.180. The van der Waals surface area contributed by atoms with E-state index in [0.29, 0.717) is 27.1 Å². The van der Waals surface area contributed by atoms with Gasteiger partial charge in [0.15, 0.2) is 11.5 Å². The number of carbonyl (C=O) groups excluding carboxylic acids is 1. The molecule has 2 aromatic rings. The Hall–Kier alpha value is -1.91. The van der Waals surface area contributed by atoms with E-state index in [0.717, 1.165) is 18.4 Å². The van der Waals surface area contributed by atoms with Crippen molar-refractivity contribution in [1.82, 2.24) is 5.32 Å². The summed E-state index contributed by atoms with van der Waals surface area (Å²) in [4.78, 5) is 12.5. The highest BCUT2D eigenvalue weighted by molar-refractivity contribution is 6.42. The smallest absolute Gasteiger partial charge is 0.252 e. The molecule has 0 spiro atoms. The third-order valence-corrected chi connectivity index (χ3v) is 4.96. The van der Waals surface area contributed by atoms with Gasteiger partial charge in [-0.05, 0) is 48.7 Å². The minimum atomic E-state index is -0.372. The van der Waals surface area contributed by atoms with Crippen LogP contribution in [0.1, 0.15) is 28.8 Å². The van der Waals surface area contributed by atoms with Gasteiger partial charge in [0.1, 0.15) is 0 Å². The van der Waals surface area contributed by atoms with Crippen LogP contribution < -0.4 is 14.8 Å². The Kier molecular flexibility index (Phi) is 4.61. The summed E-state index contributed by atoms with van der Waals surface area (Å²) in [5, 5.41) is 3.88. The lowest BCUT2D eigenvalue weighted by Gasteiger charge is -2.20. The van der Waals surface area contributed by atoms with E-state index < -0.39 is 0 Å². The van der Waals surface area contributed by atoms with Gasteiger partial charge in [-0.25, -0.2) is 0 Å². The average molecular weight is 366 g/mol. The van der Waals surface area contributed by atoms with Gasteiger partial charge in [-0.15, -0.1) is 0 Å². The molecule has 0 bridgehead atoms. The van der Waals surface area contributed by atoms with Crippen LogP contribution in [0.25, 0.3) is 0 Å². The molecule has 1 aliphatic rings. The highest BCUT2D eigenvalue weighted by Crippen LogP contribution is 2.47. The molecule has 0 aliphatic heterocycles. The number of methoxy groups -OCH3 is 2. The molecule has 0 aromatic heterocycles. The van der Waals surface area contributed by atoms with Crippen molar-refractivity contribution in [2.45, 2.75) is 18.4 Å². The van der Waals surface area contributed by atoms with Gasteiger partial charge in [0.05, 0.1) is 29.8 Å². The van der Waals surface area contributed by atoms with E-state index in [9.17, 15) is 4.79 Å². The fourth-order valence-electron chi connectivity index (χ4n) is 2.67. The first-order valence-electron chi connectivity index (χ1n) is 7.49. The summed E-state index contributed by atoms with van der Waals surface area (Å²) in [6.07, 6.45) is 1.74. The number of carbonyl (C=O) groups is 1. The lowest BCUT2D eigenvalue weighted by atomic mass is 10.0. The maximum Gasteiger partial charge on any atom is 0.252 e. The SMILES string of the molecule is COc1ccc(C2(NC(=O)c3ccc(Cl)c(Cl)c3)CC2)cc1OC. The second-order valence-corrected chi connectivity index (χ2v) is 6.55. The maximum absolute atomic E-state index is 12.5. The monoisotopic (exact) mass is 365 g/mol. The van der Waals surface area contributed by atoms with E-state index in [-0.39, 0.29) is 11.4 Å². The molecule has 0 saturated heterocycles. The number of benzene rings is 2. The predicted molar refractivity (Wildman–Crippen MR) is 94.4 cm³/mol. The van der Waals surface area contributed by atoms with Crippen LogP contribution in [0.4, 0.5) is 0 Å². The molecule has 1 aliphatic carbocycles. The first kappa shape index (κ1) is 16.9. The topological polar surface area (TPSA) is 47.6 Å². The Morgan fingerprint density at radius 2 is 1.71 bits per heavy atom. The third-order valence-electron chi connectivity index (χ3n) is 4.22. The van der Waals surface area contributed by atoms with Gasteiger partial charge in [0.25, 0.3) is 5.91 Å². The fraction of sp³-hybridized carbons (Fsp3) is 0.278. The number of rotatable bonds is 5. The number of halogens is 2. The third kappa shape index (κ3) is 3.17. The van der Waals surface area contributed by atoms with Crippen molar-refractivity contribution in [3.8, 4) is 11.5 Å². The van der Waals surface area contributed by atoms with Crippen molar-refractivity contribution in [3.63, 3.8) is 0 Å². The van der Waals surface area contributed by atoms with E-state index in [1.165, 1.54) is 0 Å². The zero-order valence-corrected chi connectivity index (χ0v) is 14.9. The van der Waals surface area contributed by atoms with Crippen molar-refractivity contribution in [3.05, 3.63) is 57.6 Å². The predicted octanol–water partition coefficient (Wildman–Crippen LogP) is 4.43. The van der Waals surface area contributed by atoms with Crippen LogP contribution >= 0.6 is 23.2 Å². The molecule has 2 aromatic carbocycles. The summed E-state index contributed by atoms with van der Waals surface area (Å²) in [6.45, 7) is 0. The van der Waals surface area contributed by atoms with Crippen LogP contribution in [0.2, 0.25) is 10.0 Å². The van der Waals surface area contributed by atoms with Crippen LogP contribution in [-0.4, -0.2) is 20.1 Å². The first-order chi connectivity index (χ1) is 11.5. The van der Waals surface area contributed by atoms with Crippen molar-refractivity contribution in [2.24, 2.45) is 0 Å². The molecule has 0 atom stereocenters. The number of hydrogen-bond acceptors (Lipinski definition) is 3. The average Bonchev–Trinajstić information content (AvgIpc) is 3.37. The zero-order valence-electron chi connectivity index (χ0n) is 13.4. The Balaban J connectivity index is 1.84. The molecule has 0 radical (unpaired) electrons. The number of hydrogen-bond donors (Lipinski definition) is 1. The highest BCUT2D eigenvalue weighted by Gasteiger charge is 2.46. The van der Waals surface area contributed by atoms with Gasteiger partial charge in [-0.2, -0.15) is 0 Å². The second-order valence-electron chi connectivity index (χ2n) is 5.73. The lowest BCUT2D eigenvalue weighted by Crippen LogP contribution is -2.34. The molecule has 0 unspecified atom stereocenters. The Morgan fingerprint density at radius 3 is 2.29 bits per heavy atom. The maximum atomic E-state index is 12.5. The molecule has 1 saturated carbocycles. The molecule has 24 heavy (non-hydrogen) atoms. The second kappa shape index (κ2) is 6.54. The van der Waals surface area contributed by atoms with Crippen molar-refractivity contribution in [1.29, 1.82) is 0 Å². The van der Waals surface area contributed by atoms with Crippen molar-refractivity contribution < 1.29 is 14.3 Å². The molecule has 126 valence electrons. The van der Waals surface area contributed by atoms with E-state index in [4.69, 9.17) is 32.7 Å². The first-order valence-corrected chi connectivity index (χ1v) is 8.25. The summed E-state index contributed by atoms with van der Waals surface area (Å²) in [6, 6.07) is 10.6. The van der Waals surface area contributed by atoms with Crippen LogP contribution in [-0.2, 0) is 5.54 Å². The van der Waals surface area contributed by atoms with Gasteiger partial charge in [-0.1, -0.05) is 29.3 Å². The van der Waals surface area contributed by atoms with Gasteiger partial charge in [0, 0.05) is 5.56 Å². The standard InChI is InChI=1S/C18H17Cl2NO3/c1-23-15-6-4-12(10-16(15)24-2)18(7-8-18)21-17(22)11-3-5-13(19)14(20)9-11/h3-6,9-10H,7-8H2,1-2H3,(H,21,22). The molecule has 1 fully saturated rings. The zero-order chi connectivity index (χ0) is 17.3. The molecule has 4 nitrogen and oxygen atoms in total. The molecule has 6 heteroatoms. The molecular formula is C18H17Cl2NO3. The van der Waals surface area contributed by atoms with E-state index in [1.54, 1.807) is 32.4 Å². The molecular weight excluding hydrogens is 349 g/mol. The molecule has 1 N–H and O–H groups in total. The summed E-state index contributed by atoms with van der Waals surface area (Å²) in [5.41, 5.74) is 1.10. The number of amides is 1. The highest BCUT2D eigenvalue weighted by atomic mass is 35.5. The number of nitrogens with one attached hydrogen (secondary N) is 1. The van der Waals surface area contributed by atoms with Gasteiger partial charge in [-0.3, -0.25) is 4.79 Å². The Bertz CT molecular complexity index is 788. The van der Waals surface area contributed by atoms with Gasteiger partial charge < -0.3 is 14.8 Å². The van der Waals surface area contributed by atoms with E-state index >= 15 is 0 Å². The Morgan fingerprint density at radius 1 is 1.00 bits per heavy atom. The van der Waals surface area contributed by atoms with Gasteiger partial charge >= 0.3 is 0 Å². The summed E-state index contributed by atoms with van der Waals surface area (Å²) in [7, 11) is 3.19. The van der Waals surface area contributed by atoms with E-state index in [2.05, 4.69) is 5.32 Å². The van der Waals surface area contributed by atoms with Crippen LogP contribution in [0.5, 0.6) is 11.5 Å². The molecule has 3 rings (SSSR count). The normalized spacial score (nSPS) is 14.8. The van der Waals surface area contributed by atoms with Crippen LogP contribution in [0, 0.1) is 0 Å². The van der Waals surface area contributed by atoms with E-state index in [1.807, 2.05) is 18.2 Å². The van der Waals surface area contributed by atoms with Crippen molar-refractivity contribution in [2.75, 3.05) is 14.2 Å². The minimum Gasteiger partial charge on any atom is -0.493 e. The molecule has 1 amide bonds. The van der Waals surface area contributed by atoms with Crippen LogP contribution in [0.15, 0.2) is 36.4 Å². The lowest BCUT2D eigenvalue weighted by molar-refractivity contribution is 0.0930.